The van der Waals surface area contributed by atoms with Gasteiger partial charge in [-0.1, -0.05) is 6.07 Å². The predicted octanol–water partition coefficient (Wildman–Crippen LogP) is 1.74. The molecule has 4 N–H and O–H groups in total. The molecule has 2 aromatic heterocycles. The molecule has 2 aromatic rings. The van der Waals surface area contributed by atoms with Gasteiger partial charge in [0.1, 0.15) is 5.82 Å². The molecule has 0 saturated heterocycles. The number of hydrogen-bond donors (Lipinski definition) is 3. The second-order valence-electron chi connectivity index (χ2n) is 5.75. The Morgan fingerprint density at radius 1 is 1.32 bits per heavy atom. The molecule has 0 spiro atoms. The smallest absolute Gasteiger partial charge is 0.222 e. The van der Waals surface area contributed by atoms with E-state index in [-0.39, 0.29) is 12.1 Å². The molecule has 2 heterocycles. The summed E-state index contributed by atoms with van der Waals surface area (Å²) < 4.78 is 0. The predicted molar refractivity (Wildman–Crippen MR) is 85.5 cm³/mol. The largest absolute Gasteiger partial charge is 0.393 e. The zero-order valence-corrected chi connectivity index (χ0v) is 12.4. The third kappa shape index (κ3) is 3.71. The fourth-order valence-electron chi connectivity index (χ4n) is 2.67. The van der Waals surface area contributed by atoms with E-state index in [0.717, 1.165) is 43.7 Å². The van der Waals surface area contributed by atoms with E-state index in [4.69, 9.17) is 5.73 Å². The van der Waals surface area contributed by atoms with Crippen molar-refractivity contribution in [3.63, 3.8) is 0 Å². The molecule has 0 radical (unpaired) electrons. The average Bonchev–Trinajstić information content (AvgIpc) is 2.49. The van der Waals surface area contributed by atoms with Gasteiger partial charge in [0.15, 0.2) is 0 Å². The number of aliphatic hydroxyl groups excluding tert-OH is 1. The van der Waals surface area contributed by atoms with Crippen LogP contribution in [-0.4, -0.2) is 32.7 Å². The highest BCUT2D eigenvalue weighted by atomic mass is 16.3. The maximum atomic E-state index is 9.40. The van der Waals surface area contributed by atoms with Crippen molar-refractivity contribution in [1.82, 2.24) is 15.0 Å². The molecule has 1 aliphatic carbocycles. The van der Waals surface area contributed by atoms with Crippen molar-refractivity contribution >= 4 is 11.8 Å². The molecule has 6 heteroatoms. The standard InChI is InChI=1S/C16H21N5O/c17-16-20-14(12-7-13(22)8-12)9-15(21-16)19-6-2-4-11-3-1-5-18-10-11/h1,3,5,9-10,12-13,22H,2,4,6-8H2,(H3,17,19,20,21). The zero-order chi connectivity index (χ0) is 15.4. The van der Waals surface area contributed by atoms with Crippen LogP contribution < -0.4 is 11.1 Å². The summed E-state index contributed by atoms with van der Waals surface area (Å²) in [5, 5.41) is 12.7. The van der Waals surface area contributed by atoms with Crippen molar-refractivity contribution in [2.45, 2.75) is 37.7 Å². The van der Waals surface area contributed by atoms with E-state index >= 15 is 0 Å². The van der Waals surface area contributed by atoms with Crippen molar-refractivity contribution in [2.75, 3.05) is 17.6 Å². The molecule has 0 unspecified atom stereocenters. The van der Waals surface area contributed by atoms with Gasteiger partial charge in [0.25, 0.3) is 0 Å². The number of nitrogens with two attached hydrogens (primary N) is 1. The average molecular weight is 299 g/mol. The van der Waals surface area contributed by atoms with Crippen LogP contribution in [0.4, 0.5) is 11.8 Å². The summed E-state index contributed by atoms with van der Waals surface area (Å²) in [6.07, 6.45) is 6.97. The van der Waals surface area contributed by atoms with Crippen LogP contribution in [0.5, 0.6) is 0 Å². The molecule has 1 fully saturated rings. The Bertz CT molecular complexity index is 613. The first-order chi connectivity index (χ1) is 10.7. The fourth-order valence-corrected chi connectivity index (χ4v) is 2.67. The summed E-state index contributed by atoms with van der Waals surface area (Å²) in [5.74, 6) is 1.35. The third-order valence-corrected chi connectivity index (χ3v) is 3.97. The van der Waals surface area contributed by atoms with Gasteiger partial charge in [0, 0.05) is 30.9 Å². The monoisotopic (exact) mass is 299 g/mol. The van der Waals surface area contributed by atoms with Gasteiger partial charge in [0.05, 0.1) is 11.8 Å². The second kappa shape index (κ2) is 6.70. The first kappa shape index (κ1) is 14.7. The molecule has 0 aromatic carbocycles. The van der Waals surface area contributed by atoms with Gasteiger partial charge in [-0.2, -0.15) is 4.98 Å². The molecular formula is C16H21N5O. The zero-order valence-electron chi connectivity index (χ0n) is 12.4. The molecule has 3 rings (SSSR count). The molecule has 1 saturated carbocycles. The van der Waals surface area contributed by atoms with E-state index in [1.165, 1.54) is 5.56 Å². The summed E-state index contributed by atoms with van der Waals surface area (Å²) in [6, 6.07) is 5.97. The molecule has 0 atom stereocenters. The maximum absolute atomic E-state index is 9.40. The fraction of sp³-hybridized carbons (Fsp3) is 0.438. The number of pyridine rings is 1. The highest BCUT2D eigenvalue weighted by Gasteiger charge is 2.30. The normalized spacial score (nSPS) is 20.4. The summed E-state index contributed by atoms with van der Waals surface area (Å²) in [6.45, 7) is 0.818. The number of anilines is 2. The van der Waals surface area contributed by atoms with Gasteiger partial charge in [-0.05, 0) is 37.3 Å². The molecular weight excluding hydrogens is 278 g/mol. The first-order valence-corrected chi connectivity index (χ1v) is 7.66. The van der Waals surface area contributed by atoms with Crippen LogP contribution in [0.15, 0.2) is 30.6 Å². The van der Waals surface area contributed by atoms with Crippen molar-refractivity contribution in [3.05, 3.63) is 41.9 Å². The van der Waals surface area contributed by atoms with Gasteiger partial charge in [-0.3, -0.25) is 4.98 Å². The lowest BCUT2D eigenvalue weighted by Gasteiger charge is -2.30. The molecule has 116 valence electrons. The van der Waals surface area contributed by atoms with Crippen molar-refractivity contribution in [2.24, 2.45) is 0 Å². The number of hydrogen-bond acceptors (Lipinski definition) is 6. The number of aromatic nitrogens is 3. The highest BCUT2D eigenvalue weighted by Crippen LogP contribution is 2.36. The number of nitrogens with one attached hydrogen (secondary N) is 1. The van der Waals surface area contributed by atoms with E-state index in [1.807, 2.05) is 18.3 Å². The van der Waals surface area contributed by atoms with Crippen LogP contribution in [0.1, 0.15) is 36.4 Å². The summed E-state index contributed by atoms with van der Waals surface area (Å²) in [5.41, 5.74) is 7.93. The Morgan fingerprint density at radius 2 is 2.18 bits per heavy atom. The van der Waals surface area contributed by atoms with Gasteiger partial charge in [-0.25, -0.2) is 4.98 Å². The van der Waals surface area contributed by atoms with E-state index in [0.29, 0.717) is 5.92 Å². The quantitative estimate of drug-likeness (QED) is 0.703. The van der Waals surface area contributed by atoms with E-state index in [1.54, 1.807) is 6.20 Å². The Labute approximate surface area is 129 Å². The van der Waals surface area contributed by atoms with E-state index in [2.05, 4.69) is 26.3 Å². The van der Waals surface area contributed by atoms with Crippen LogP contribution in [0.25, 0.3) is 0 Å². The Morgan fingerprint density at radius 3 is 2.91 bits per heavy atom. The SMILES string of the molecule is Nc1nc(NCCCc2cccnc2)cc(C2CC(O)C2)n1. The molecule has 0 amide bonds. The second-order valence-corrected chi connectivity index (χ2v) is 5.75. The Kier molecular flexibility index (Phi) is 4.48. The lowest BCUT2D eigenvalue weighted by atomic mass is 9.80. The maximum Gasteiger partial charge on any atom is 0.222 e. The molecule has 1 aliphatic rings. The van der Waals surface area contributed by atoms with Crippen LogP contribution >= 0.6 is 0 Å². The van der Waals surface area contributed by atoms with Gasteiger partial charge in [0.2, 0.25) is 5.95 Å². The summed E-state index contributed by atoms with van der Waals surface area (Å²) >= 11 is 0. The molecule has 0 aliphatic heterocycles. The Hall–Kier alpha value is -2.21. The van der Waals surface area contributed by atoms with Crippen LogP contribution in [0.2, 0.25) is 0 Å². The molecule has 0 bridgehead atoms. The number of nitrogens with zero attached hydrogens (tertiary/aromatic N) is 3. The van der Waals surface area contributed by atoms with Crippen molar-refractivity contribution in [3.8, 4) is 0 Å². The van der Waals surface area contributed by atoms with Crippen molar-refractivity contribution < 1.29 is 5.11 Å². The lowest BCUT2D eigenvalue weighted by Crippen LogP contribution is -2.27. The number of rotatable bonds is 6. The first-order valence-electron chi connectivity index (χ1n) is 7.66. The summed E-state index contributed by atoms with van der Waals surface area (Å²) in [4.78, 5) is 12.6. The summed E-state index contributed by atoms with van der Waals surface area (Å²) in [7, 11) is 0. The van der Waals surface area contributed by atoms with Crippen LogP contribution in [-0.2, 0) is 6.42 Å². The molecule has 22 heavy (non-hydrogen) atoms. The Balaban J connectivity index is 1.52. The van der Waals surface area contributed by atoms with Crippen LogP contribution in [0.3, 0.4) is 0 Å². The minimum absolute atomic E-state index is 0.197. The molecule has 6 nitrogen and oxygen atoms in total. The van der Waals surface area contributed by atoms with Crippen LogP contribution in [0, 0.1) is 0 Å². The van der Waals surface area contributed by atoms with Gasteiger partial charge < -0.3 is 16.2 Å². The number of aliphatic hydroxyl groups is 1. The topological polar surface area (TPSA) is 97.0 Å². The third-order valence-electron chi connectivity index (χ3n) is 3.97. The van der Waals surface area contributed by atoms with E-state index < -0.39 is 0 Å². The van der Waals surface area contributed by atoms with Gasteiger partial charge in [-0.15, -0.1) is 0 Å². The highest BCUT2D eigenvalue weighted by molar-refractivity contribution is 5.41. The van der Waals surface area contributed by atoms with Gasteiger partial charge >= 0.3 is 0 Å². The number of nitrogen functional groups attached to an aromatic ring is 1. The lowest BCUT2D eigenvalue weighted by molar-refractivity contribution is 0.0732. The minimum Gasteiger partial charge on any atom is -0.393 e. The minimum atomic E-state index is -0.197. The van der Waals surface area contributed by atoms with E-state index in [9.17, 15) is 5.11 Å². The van der Waals surface area contributed by atoms with Crippen molar-refractivity contribution in [1.29, 1.82) is 0 Å². The number of aryl methyl sites for hydroxylation is 1.